The zero-order valence-corrected chi connectivity index (χ0v) is 11.6. The summed E-state index contributed by atoms with van der Waals surface area (Å²) in [7, 11) is 0. The lowest BCUT2D eigenvalue weighted by Crippen LogP contribution is -2.33. The van der Waals surface area contributed by atoms with Crippen LogP contribution >= 0.6 is 0 Å². The monoisotopic (exact) mass is 279 g/mol. The molecule has 0 bridgehead atoms. The minimum Gasteiger partial charge on any atom is -0.493 e. The third kappa shape index (κ3) is 3.29. The number of aliphatic hydroxyl groups is 2. The second kappa shape index (κ2) is 6.72. The van der Waals surface area contributed by atoms with E-state index < -0.39 is 6.10 Å². The maximum Gasteiger partial charge on any atom is 0.255 e. The minimum atomic E-state index is -0.549. The van der Waals surface area contributed by atoms with Crippen LogP contribution in [0.3, 0.4) is 0 Å². The summed E-state index contributed by atoms with van der Waals surface area (Å²) in [6.45, 7) is 2.32. The van der Waals surface area contributed by atoms with Crippen LogP contribution in [-0.4, -0.2) is 41.5 Å². The molecule has 1 amide bonds. The van der Waals surface area contributed by atoms with Crippen molar-refractivity contribution in [3.05, 3.63) is 29.8 Å². The van der Waals surface area contributed by atoms with Gasteiger partial charge in [-0.3, -0.25) is 4.79 Å². The molecule has 110 valence electrons. The summed E-state index contributed by atoms with van der Waals surface area (Å²) < 4.78 is 5.44. The molecule has 0 saturated heterocycles. The molecule has 0 unspecified atom stereocenters. The lowest BCUT2D eigenvalue weighted by molar-refractivity contribution is 0.0903. The van der Waals surface area contributed by atoms with Crippen molar-refractivity contribution in [2.24, 2.45) is 5.92 Å². The minimum absolute atomic E-state index is 0.0525. The van der Waals surface area contributed by atoms with Crippen molar-refractivity contribution >= 4 is 5.91 Å². The predicted molar refractivity (Wildman–Crippen MR) is 74.7 cm³/mol. The molecular weight excluding hydrogens is 258 g/mol. The van der Waals surface area contributed by atoms with E-state index in [1.165, 1.54) is 0 Å². The number of hydrogen-bond acceptors (Lipinski definition) is 4. The molecular formula is C15H21NO4. The van der Waals surface area contributed by atoms with Gasteiger partial charge in [-0.15, -0.1) is 0 Å². The van der Waals surface area contributed by atoms with Crippen LogP contribution in [0.15, 0.2) is 24.3 Å². The second-order valence-electron chi connectivity index (χ2n) is 5.08. The number of ether oxygens (including phenoxy) is 1. The lowest BCUT2D eigenvalue weighted by Gasteiger charge is -2.14. The van der Waals surface area contributed by atoms with E-state index in [0.717, 1.165) is 0 Å². The summed E-state index contributed by atoms with van der Waals surface area (Å²) in [6.07, 6.45) is 0.529. The van der Waals surface area contributed by atoms with E-state index >= 15 is 0 Å². The Kier molecular flexibility index (Phi) is 4.98. The zero-order valence-electron chi connectivity index (χ0n) is 11.6. The Morgan fingerprint density at radius 3 is 2.80 bits per heavy atom. The highest BCUT2D eigenvalue weighted by atomic mass is 16.5. The Bertz CT molecular complexity index is 463. The van der Waals surface area contributed by atoms with Crippen LogP contribution in [0.1, 0.15) is 30.1 Å². The van der Waals surface area contributed by atoms with Crippen LogP contribution in [0, 0.1) is 5.92 Å². The highest BCUT2D eigenvalue weighted by molar-refractivity contribution is 5.97. The summed E-state index contributed by atoms with van der Waals surface area (Å²) in [5.74, 6) is 0.206. The maximum absolute atomic E-state index is 12.3. The molecule has 1 aromatic rings. The Labute approximate surface area is 118 Å². The molecule has 3 atom stereocenters. The van der Waals surface area contributed by atoms with E-state index in [0.29, 0.717) is 30.8 Å². The van der Waals surface area contributed by atoms with Gasteiger partial charge in [0.25, 0.3) is 5.91 Å². The number of para-hydroxylation sites is 1. The van der Waals surface area contributed by atoms with Gasteiger partial charge in [-0.05, 0) is 31.9 Å². The van der Waals surface area contributed by atoms with Crippen LogP contribution in [-0.2, 0) is 0 Å². The first-order valence-electron chi connectivity index (χ1n) is 6.97. The van der Waals surface area contributed by atoms with E-state index in [9.17, 15) is 9.90 Å². The van der Waals surface area contributed by atoms with Gasteiger partial charge in [0.15, 0.2) is 0 Å². The summed E-state index contributed by atoms with van der Waals surface area (Å²) in [5, 5.41) is 21.8. The molecule has 0 spiro atoms. The molecule has 1 aliphatic carbocycles. The van der Waals surface area contributed by atoms with Crippen molar-refractivity contribution in [3.63, 3.8) is 0 Å². The summed E-state index contributed by atoms with van der Waals surface area (Å²) in [5.41, 5.74) is 0.497. The zero-order chi connectivity index (χ0) is 14.5. The number of benzene rings is 1. The van der Waals surface area contributed by atoms with E-state index in [1.54, 1.807) is 18.2 Å². The normalized spacial score (nSPS) is 25.4. The SMILES string of the molecule is CCOc1ccccc1C(=O)N[C@@H]1C[C@@H](CO)[C@H](O)C1. The molecule has 0 aliphatic heterocycles. The maximum atomic E-state index is 12.3. The van der Waals surface area contributed by atoms with Crippen LogP contribution in [0.2, 0.25) is 0 Å². The fraction of sp³-hybridized carbons (Fsp3) is 0.533. The molecule has 5 heteroatoms. The summed E-state index contributed by atoms with van der Waals surface area (Å²) in [4.78, 5) is 12.3. The number of rotatable bonds is 5. The average molecular weight is 279 g/mol. The molecule has 1 aromatic carbocycles. The fourth-order valence-electron chi connectivity index (χ4n) is 2.62. The van der Waals surface area contributed by atoms with Crippen molar-refractivity contribution in [1.29, 1.82) is 0 Å². The number of carbonyl (C=O) groups is 1. The van der Waals surface area contributed by atoms with Crippen LogP contribution in [0.25, 0.3) is 0 Å². The highest BCUT2D eigenvalue weighted by Gasteiger charge is 2.33. The summed E-state index contributed by atoms with van der Waals surface area (Å²) >= 11 is 0. The molecule has 0 aromatic heterocycles. The van der Waals surface area contributed by atoms with Gasteiger partial charge >= 0.3 is 0 Å². The predicted octanol–water partition coefficient (Wildman–Crippen LogP) is 0.947. The second-order valence-corrected chi connectivity index (χ2v) is 5.08. The van der Waals surface area contributed by atoms with Gasteiger partial charge in [-0.25, -0.2) is 0 Å². The number of nitrogens with one attached hydrogen (secondary N) is 1. The Balaban J connectivity index is 2.02. The van der Waals surface area contributed by atoms with E-state index in [2.05, 4.69) is 5.32 Å². The number of hydrogen-bond donors (Lipinski definition) is 3. The van der Waals surface area contributed by atoms with Gasteiger partial charge in [-0.1, -0.05) is 12.1 Å². The highest BCUT2D eigenvalue weighted by Crippen LogP contribution is 2.26. The van der Waals surface area contributed by atoms with E-state index in [1.807, 2.05) is 13.0 Å². The van der Waals surface area contributed by atoms with Gasteiger partial charge in [0.05, 0.1) is 18.3 Å². The lowest BCUT2D eigenvalue weighted by atomic mass is 10.1. The standard InChI is InChI=1S/C15H21NO4/c1-2-20-14-6-4-3-5-12(14)15(19)16-11-7-10(9-17)13(18)8-11/h3-6,10-11,13,17-18H,2,7-9H2,1H3,(H,16,19)/t10-,11+,13+/m0/s1. The molecule has 5 nitrogen and oxygen atoms in total. The molecule has 2 rings (SSSR count). The van der Waals surface area contributed by atoms with Crippen LogP contribution in [0.5, 0.6) is 5.75 Å². The van der Waals surface area contributed by atoms with Crippen LogP contribution in [0.4, 0.5) is 0 Å². The largest absolute Gasteiger partial charge is 0.493 e. The summed E-state index contributed by atoms with van der Waals surface area (Å²) in [6, 6.07) is 6.98. The first kappa shape index (κ1) is 14.8. The molecule has 0 radical (unpaired) electrons. The van der Waals surface area contributed by atoms with Gasteiger partial charge in [0.1, 0.15) is 5.75 Å². The number of amides is 1. The van der Waals surface area contributed by atoms with Gasteiger partial charge in [0, 0.05) is 18.6 Å². The van der Waals surface area contributed by atoms with Crippen molar-refractivity contribution in [2.75, 3.05) is 13.2 Å². The Morgan fingerprint density at radius 2 is 2.15 bits per heavy atom. The van der Waals surface area contributed by atoms with Crippen molar-refractivity contribution in [3.8, 4) is 5.75 Å². The molecule has 1 saturated carbocycles. The Hall–Kier alpha value is -1.59. The molecule has 20 heavy (non-hydrogen) atoms. The smallest absolute Gasteiger partial charge is 0.255 e. The quantitative estimate of drug-likeness (QED) is 0.749. The van der Waals surface area contributed by atoms with Crippen molar-refractivity contribution in [2.45, 2.75) is 31.9 Å². The Morgan fingerprint density at radius 1 is 1.40 bits per heavy atom. The van der Waals surface area contributed by atoms with Crippen LogP contribution < -0.4 is 10.1 Å². The first-order chi connectivity index (χ1) is 9.65. The van der Waals surface area contributed by atoms with E-state index in [-0.39, 0.29) is 24.5 Å². The third-order valence-corrected chi connectivity index (χ3v) is 3.66. The first-order valence-corrected chi connectivity index (χ1v) is 6.97. The topological polar surface area (TPSA) is 78.8 Å². The number of aliphatic hydroxyl groups excluding tert-OH is 2. The molecule has 1 aliphatic rings. The molecule has 0 heterocycles. The molecule has 1 fully saturated rings. The van der Waals surface area contributed by atoms with Crippen molar-refractivity contribution < 1.29 is 19.7 Å². The fourth-order valence-corrected chi connectivity index (χ4v) is 2.62. The third-order valence-electron chi connectivity index (χ3n) is 3.66. The van der Waals surface area contributed by atoms with Gasteiger partial charge in [-0.2, -0.15) is 0 Å². The average Bonchev–Trinajstić information content (AvgIpc) is 2.79. The molecule has 3 N–H and O–H groups in total. The van der Waals surface area contributed by atoms with Crippen molar-refractivity contribution in [1.82, 2.24) is 5.32 Å². The van der Waals surface area contributed by atoms with Gasteiger partial charge in [0.2, 0.25) is 0 Å². The number of carbonyl (C=O) groups excluding carboxylic acids is 1. The van der Waals surface area contributed by atoms with Gasteiger partial charge < -0.3 is 20.3 Å². The van der Waals surface area contributed by atoms with E-state index in [4.69, 9.17) is 9.84 Å².